The number of hydrogen-bond donors (Lipinski definition) is 2. The highest BCUT2D eigenvalue weighted by molar-refractivity contribution is 7.15. The van der Waals surface area contributed by atoms with Crippen molar-refractivity contribution < 1.29 is 14.4 Å². The van der Waals surface area contributed by atoms with Crippen molar-refractivity contribution in [3.05, 3.63) is 40.8 Å². The van der Waals surface area contributed by atoms with E-state index in [0.29, 0.717) is 29.6 Å². The minimum absolute atomic E-state index is 0.0773. The molecule has 0 unspecified atom stereocenters. The maximum absolute atomic E-state index is 12.6. The SMILES string of the molecule is CN1C(=O)C(=O)c2ccc(-c3ccc(C[C@@H](C#N)NC(=O)[C@H]4N[C@@H]5CC[C@H]4C5)s3)cc21. The van der Waals surface area contributed by atoms with Crippen LogP contribution in [-0.4, -0.2) is 42.8 Å². The van der Waals surface area contributed by atoms with Gasteiger partial charge >= 0.3 is 0 Å². The number of amides is 2. The zero-order valence-corrected chi connectivity index (χ0v) is 17.9. The maximum atomic E-state index is 12.6. The van der Waals surface area contributed by atoms with Gasteiger partial charge in [-0.05, 0) is 55.0 Å². The third-order valence-electron chi connectivity index (χ3n) is 6.57. The largest absolute Gasteiger partial charge is 0.339 e. The fraction of sp³-hybridized carbons (Fsp3) is 0.391. The van der Waals surface area contributed by atoms with Crippen LogP contribution in [0.5, 0.6) is 0 Å². The zero-order valence-electron chi connectivity index (χ0n) is 17.1. The lowest BCUT2D eigenvalue weighted by Gasteiger charge is -2.23. The van der Waals surface area contributed by atoms with Crippen molar-refractivity contribution in [3.63, 3.8) is 0 Å². The third-order valence-corrected chi connectivity index (χ3v) is 7.73. The molecule has 0 radical (unpaired) electrons. The molecular weight excluding hydrogens is 412 g/mol. The van der Waals surface area contributed by atoms with E-state index in [4.69, 9.17) is 0 Å². The number of thiophene rings is 1. The molecule has 2 aliphatic heterocycles. The Labute approximate surface area is 184 Å². The Balaban J connectivity index is 1.27. The van der Waals surface area contributed by atoms with Gasteiger partial charge in [-0.1, -0.05) is 6.07 Å². The van der Waals surface area contributed by atoms with Crippen LogP contribution in [0, 0.1) is 17.2 Å². The van der Waals surface area contributed by atoms with Gasteiger partial charge in [0.15, 0.2) is 0 Å². The number of nitriles is 1. The predicted octanol–water partition coefficient (Wildman–Crippen LogP) is 2.27. The molecule has 7 nitrogen and oxygen atoms in total. The highest BCUT2D eigenvalue weighted by Gasteiger charge is 2.43. The maximum Gasteiger partial charge on any atom is 0.299 e. The summed E-state index contributed by atoms with van der Waals surface area (Å²) in [7, 11) is 1.60. The second-order valence-corrected chi connectivity index (χ2v) is 9.67. The molecule has 1 aromatic carbocycles. The minimum atomic E-state index is -0.582. The standard InChI is InChI=1S/C23H22N4O3S/c1-27-18-9-12(3-6-17(18)21(28)23(27)30)19-7-5-16(31-19)10-15(11-24)26-22(29)20-13-2-4-14(8-13)25-20/h3,5-7,9,13-15,20,25H,2,4,8,10H2,1H3,(H,26,29)/t13-,14+,15-,20-/m0/s1. The van der Waals surface area contributed by atoms with E-state index < -0.39 is 17.7 Å². The number of fused-ring (bicyclic) bond motifs is 3. The van der Waals surface area contributed by atoms with Crippen molar-refractivity contribution in [1.29, 1.82) is 5.26 Å². The Morgan fingerprint density at radius 2 is 2.16 bits per heavy atom. The van der Waals surface area contributed by atoms with E-state index in [0.717, 1.165) is 34.6 Å². The number of carbonyl (C=O) groups is 3. The first-order valence-electron chi connectivity index (χ1n) is 10.5. The molecular formula is C23H22N4O3S. The van der Waals surface area contributed by atoms with Gasteiger partial charge in [-0.3, -0.25) is 14.4 Å². The van der Waals surface area contributed by atoms with Crippen LogP contribution in [0.3, 0.4) is 0 Å². The first-order chi connectivity index (χ1) is 14.9. The molecule has 158 valence electrons. The van der Waals surface area contributed by atoms with Crippen LogP contribution >= 0.6 is 11.3 Å². The van der Waals surface area contributed by atoms with Crippen molar-refractivity contribution in [1.82, 2.24) is 10.6 Å². The van der Waals surface area contributed by atoms with Crippen LogP contribution in [0.2, 0.25) is 0 Å². The molecule has 2 N–H and O–H groups in total. The number of nitrogens with one attached hydrogen (secondary N) is 2. The van der Waals surface area contributed by atoms with E-state index in [9.17, 15) is 19.6 Å². The molecule has 5 rings (SSSR count). The monoisotopic (exact) mass is 434 g/mol. The van der Waals surface area contributed by atoms with Gasteiger partial charge in [0.05, 0.1) is 23.4 Å². The number of anilines is 1. The molecule has 1 aromatic heterocycles. The molecule has 8 heteroatoms. The van der Waals surface area contributed by atoms with Gasteiger partial charge in [0.25, 0.3) is 11.7 Å². The van der Waals surface area contributed by atoms with Crippen LogP contribution in [0.4, 0.5) is 5.69 Å². The lowest BCUT2D eigenvalue weighted by atomic mass is 9.99. The second-order valence-electron chi connectivity index (χ2n) is 8.50. The van der Waals surface area contributed by atoms with E-state index in [-0.39, 0.29) is 11.9 Å². The van der Waals surface area contributed by atoms with Crippen molar-refractivity contribution in [2.24, 2.45) is 5.92 Å². The van der Waals surface area contributed by atoms with E-state index in [2.05, 4.69) is 16.7 Å². The first kappa shape index (κ1) is 19.9. The van der Waals surface area contributed by atoms with Gasteiger partial charge in [0, 0.05) is 29.3 Å². The summed E-state index contributed by atoms with van der Waals surface area (Å²) in [6.07, 6.45) is 3.70. The van der Waals surface area contributed by atoms with Crippen molar-refractivity contribution in [3.8, 4) is 16.5 Å². The highest BCUT2D eigenvalue weighted by atomic mass is 32.1. The Morgan fingerprint density at radius 3 is 2.87 bits per heavy atom. The molecule has 4 atom stereocenters. The fourth-order valence-corrected chi connectivity index (χ4v) is 5.97. The number of ketones is 1. The summed E-state index contributed by atoms with van der Waals surface area (Å²) in [4.78, 5) is 39.9. The van der Waals surface area contributed by atoms with Gasteiger partial charge in [0.2, 0.25) is 5.91 Å². The summed E-state index contributed by atoms with van der Waals surface area (Å²) >= 11 is 1.54. The summed E-state index contributed by atoms with van der Waals surface area (Å²) in [6.45, 7) is 0. The Bertz CT molecular complexity index is 1130. The Kier molecular flexibility index (Phi) is 4.88. The van der Waals surface area contributed by atoms with Crippen LogP contribution in [0.1, 0.15) is 34.5 Å². The van der Waals surface area contributed by atoms with Gasteiger partial charge in [-0.2, -0.15) is 5.26 Å². The molecule has 0 spiro atoms. The van der Waals surface area contributed by atoms with Crippen molar-refractivity contribution in [2.75, 3.05) is 11.9 Å². The number of hydrogen-bond acceptors (Lipinski definition) is 6. The Morgan fingerprint density at radius 1 is 1.32 bits per heavy atom. The van der Waals surface area contributed by atoms with Crippen molar-refractivity contribution in [2.45, 2.75) is 43.8 Å². The van der Waals surface area contributed by atoms with Crippen LogP contribution < -0.4 is 15.5 Å². The molecule has 2 bridgehead atoms. The number of carbonyl (C=O) groups excluding carboxylic acids is 3. The van der Waals surface area contributed by atoms with Gasteiger partial charge < -0.3 is 15.5 Å². The molecule has 3 aliphatic rings. The lowest BCUT2D eigenvalue weighted by molar-refractivity contribution is -0.124. The molecule has 3 heterocycles. The predicted molar refractivity (Wildman–Crippen MR) is 117 cm³/mol. The topological polar surface area (TPSA) is 102 Å². The van der Waals surface area contributed by atoms with E-state index in [1.807, 2.05) is 24.3 Å². The average molecular weight is 435 g/mol. The number of Topliss-reactive ketones (excluding diaryl/α,β-unsaturated/α-hetero) is 1. The molecule has 2 fully saturated rings. The number of likely N-dealkylation sites (N-methyl/N-ethyl adjacent to an activating group) is 1. The van der Waals surface area contributed by atoms with Gasteiger partial charge in [-0.25, -0.2) is 0 Å². The zero-order chi connectivity index (χ0) is 21.7. The molecule has 1 aliphatic carbocycles. The lowest BCUT2D eigenvalue weighted by Crippen LogP contribution is -2.50. The number of rotatable bonds is 5. The number of nitrogens with zero attached hydrogens (tertiary/aromatic N) is 2. The fourth-order valence-electron chi connectivity index (χ4n) is 4.92. The van der Waals surface area contributed by atoms with Gasteiger partial charge in [0.1, 0.15) is 6.04 Å². The summed E-state index contributed by atoms with van der Waals surface area (Å²) in [5, 5.41) is 15.8. The normalized spacial score (nSPS) is 24.9. The van der Waals surface area contributed by atoms with E-state index >= 15 is 0 Å². The molecule has 1 saturated heterocycles. The summed E-state index contributed by atoms with van der Waals surface area (Å²) < 4.78 is 0. The number of benzene rings is 1. The minimum Gasteiger partial charge on any atom is -0.339 e. The first-order valence-corrected chi connectivity index (χ1v) is 11.3. The molecule has 2 aromatic rings. The molecule has 31 heavy (non-hydrogen) atoms. The van der Waals surface area contributed by atoms with E-state index in [1.165, 1.54) is 4.90 Å². The smallest absolute Gasteiger partial charge is 0.299 e. The van der Waals surface area contributed by atoms with Crippen LogP contribution in [-0.2, 0) is 16.0 Å². The summed E-state index contributed by atoms with van der Waals surface area (Å²) in [5.74, 6) is -0.689. The van der Waals surface area contributed by atoms with Gasteiger partial charge in [-0.15, -0.1) is 11.3 Å². The second kappa shape index (κ2) is 7.59. The highest BCUT2D eigenvalue weighted by Crippen LogP contribution is 2.36. The number of piperidine rings is 1. The molecule has 2 amide bonds. The van der Waals surface area contributed by atoms with Crippen molar-refractivity contribution >= 4 is 34.6 Å². The summed E-state index contributed by atoms with van der Waals surface area (Å²) in [6, 6.07) is 11.2. The quantitative estimate of drug-likeness (QED) is 0.703. The summed E-state index contributed by atoms with van der Waals surface area (Å²) in [5.41, 5.74) is 1.95. The third kappa shape index (κ3) is 3.44. The average Bonchev–Trinajstić information content (AvgIpc) is 3.56. The Hall–Kier alpha value is -3.02. The molecule has 1 saturated carbocycles. The van der Waals surface area contributed by atoms with Crippen LogP contribution in [0.15, 0.2) is 30.3 Å². The van der Waals surface area contributed by atoms with E-state index in [1.54, 1.807) is 24.5 Å². The van der Waals surface area contributed by atoms with Crippen LogP contribution in [0.25, 0.3) is 10.4 Å².